The van der Waals surface area contributed by atoms with Crippen molar-refractivity contribution in [3.63, 3.8) is 0 Å². The third-order valence-corrected chi connectivity index (χ3v) is 6.84. The van der Waals surface area contributed by atoms with Gasteiger partial charge in [-0.25, -0.2) is 4.79 Å². The second-order valence-corrected chi connectivity index (χ2v) is 12.2. The van der Waals surface area contributed by atoms with Crippen LogP contribution in [0.25, 0.3) is 0 Å². The fourth-order valence-corrected chi connectivity index (χ4v) is 6.29. The van der Waals surface area contributed by atoms with Gasteiger partial charge in [0.15, 0.2) is 0 Å². The SMILES string of the molecule is CC(=O)NC1(C(=O)NC2(C(=O)O)CC(C)(C)N(O)C(C)(C)C2)CC(C)(C)N(O)C(C)(C)C1. The normalized spacial score (nSPS) is 27.8. The van der Waals surface area contributed by atoms with Crippen LogP contribution in [0.5, 0.6) is 0 Å². The summed E-state index contributed by atoms with van der Waals surface area (Å²) in [6.45, 7) is 15.2. The van der Waals surface area contributed by atoms with Gasteiger partial charge in [-0.15, -0.1) is 0 Å². The smallest absolute Gasteiger partial charge is 0.329 e. The average molecular weight is 457 g/mol. The van der Waals surface area contributed by atoms with Crippen LogP contribution >= 0.6 is 0 Å². The van der Waals surface area contributed by atoms with Crippen molar-refractivity contribution >= 4 is 17.8 Å². The molecule has 10 nitrogen and oxygen atoms in total. The van der Waals surface area contributed by atoms with Crippen molar-refractivity contribution in [2.45, 2.75) is 121 Å². The number of nitrogens with zero attached hydrogens (tertiary/aromatic N) is 2. The van der Waals surface area contributed by atoms with Crippen LogP contribution in [0.2, 0.25) is 0 Å². The largest absolute Gasteiger partial charge is 0.480 e. The Morgan fingerprint density at radius 3 is 1.25 bits per heavy atom. The predicted molar refractivity (Wildman–Crippen MR) is 117 cm³/mol. The summed E-state index contributed by atoms with van der Waals surface area (Å²) in [6.07, 6.45) is 0.103. The van der Waals surface area contributed by atoms with Crippen LogP contribution in [0.3, 0.4) is 0 Å². The zero-order valence-electron chi connectivity index (χ0n) is 20.8. The number of aliphatic carboxylic acids is 1. The van der Waals surface area contributed by atoms with E-state index in [0.717, 1.165) is 5.06 Å². The quantitative estimate of drug-likeness (QED) is 0.432. The Morgan fingerprint density at radius 2 is 0.969 bits per heavy atom. The second-order valence-electron chi connectivity index (χ2n) is 12.2. The molecule has 0 radical (unpaired) electrons. The first-order valence-electron chi connectivity index (χ1n) is 11.0. The van der Waals surface area contributed by atoms with Crippen molar-refractivity contribution in [1.29, 1.82) is 0 Å². The molecule has 0 spiro atoms. The van der Waals surface area contributed by atoms with Crippen LogP contribution < -0.4 is 10.6 Å². The summed E-state index contributed by atoms with van der Waals surface area (Å²) in [5, 5.41) is 39.5. The molecular formula is C22H40N4O6. The predicted octanol–water partition coefficient (Wildman–Crippen LogP) is 1.89. The van der Waals surface area contributed by atoms with Gasteiger partial charge < -0.3 is 26.2 Å². The number of carbonyl (C=O) groups excluding carboxylic acids is 2. The van der Waals surface area contributed by atoms with Crippen LogP contribution in [0, 0.1) is 0 Å². The van der Waals surface area contributed by atoms with Crippen molar-refractivity contribution in [3.05, 3.63) is 0 Å². The van der Waals surface area contributed by atoms with Gasteiger partial charge in [-0.05, 0) is 68.2 Å². The van der Waals surface area contributed by atoms with E-state index in [9.17, 15) is 29.9 Å². The maximum Gasteiger partial charge on any atom is 0.329 e. The summed E-state index contributed by atoms with van der Waals surface area (Å²) in [5.41, 5.74) is -6.68. The molecule has 2 heterocycles. The molecule has 2 amide bonds. The number of hydrogen-bond donors (Lipinski definition) is 5. The van der Waals surface area contributed by atoms with Gasteiger partial charge in [-0.2, -0.15) is 10.1 Å². The van der Waals surface area contributed by atoms with E-state index >= 15 is 0 Å². The highest BCUT2D eigenvalue weighted by atomic mass is 16.5. The first-order valence-corrected chi connectivity index (χ1v) is 11.0. The Labute approximate surface area is 190 Å². The van der Waals surface area contributed by atoms with E-state index in [1.54, 1.807) is 55.4 Å². The van der Waals surface area contributed by atoms with E-state index in [0.29, 0.717) is 0 Å². The zero-order valence-corrected chi connectivity index (χ0v) is 20.8. The number of nitrogens with one attached hydrogen (secondary N) is 2. The molecule has 2 rings (SSSR count). The van der Waals surface area contributed by atoms with Crippen LogP contribution in [0.15, 0.2) is 0 Å². The van der Waals surface area contributed by atoms with E-state index < -0.39 is 51.0 Å². The topological polar surface area (TPSA) is 142 Å². The highest BCUT2D eigenvalue weighted by Crippen LogP contribution is 2.45. The zero-order chi connectivity index (χ0) is 25.1. The highest BCUT2D eigenvalue weighted by Gasteiger charge is 2.61. The summed E-state index contributed by atoms with van der Waals surface area (Å²) in [4.78, 5) is 38.6. The number of hydroxylamine groups is 4. The molecule has 184 valence electrons. The maximum atomic E-state index is 13.9. The van der Waals surface area contributed by atoms with Gasteiger partial charge in [0.25, 0.3) is 0 Å². The van der Waals surface area contributed by atoms with Gasteiger partial charge in [0.05, 0.1) is 0 Å². The fourth-order valence-electron chi connectivity index (χ4n) is 6.29. The Hall–Kier alpha value is -1.75. The molecule has 10 heteroatoms. The first kappa shape index (κ1) is 26.5. The highest BCUT2D eigenvalue weighted by molar-refractivity contribution is 5.95. The summed E-state index contributed by atoms with van der Waals surface area (Å²) in [6, 6.07) is 0. The summed E-state index contributed by atoms with van der Waals surface area (Å²) < 4.78 is 0. The van der Waals surface area contributed by atoms with Crippen molar-refractivity contribution in [1.82, 2.24) is 20.8 Å². The minimum absolute atomic E-state index is 0.0317. The van der Waals surface area contributed by atoms with Gasteiger partial charge in [0, 0.05) is 41.9 Å². The van der Waals surface area contributed by atoms with Crippen molar-refractivity contribution in [2.24, 2.45) is 0 Å². The molecule has 0 aromatic carbocycles. The number of piperidine rings is 2. The molecule has 0 aromatic heterocycles. The van der Waals surface area contributed by atoms with E-state index in [-0.39, 0.29) is 25.7 Å². The van der Waals surface area contributed by atoms with E-state index in [4.69, 9.17) is 0 Å². The summed E-state index contributed by atoms with van der Waals surface area (Å²) in [5.74, 6) is -2.23. The second kappa shape index (κ2) is 7.65. The molecule has 32 heavy (non-hydrogen) atoms. The molecule has 0 aromatic rings. The molecule has 2 aliphatic rings. The first-order chi connectivity index (χ1) is 14.1. The Morgan fingerprint density at radius 1 is 0.656 bits per heavy atom. The average Bonchev–Trinajstić information content (AvgIpc) is 2.55. The number of amides is 2. The van der Waals surface area contributed by atoms with E-state index in [1.165, 1.54) is 12.0 Å². The monoisotopic (exact) mass is 456 g/mol. The number of rotatable bonds is 4. The molecule has 2 aliphatic heterocycles. The molecule has 0 bridgehead atoms. The van der Waals surface area contributed by atoms with Crippen LogP contribution in [-0.2, 0) is 14.4 Å². The van der Waals surface area contributed by atoms with Crippen molar-refractivity contribution < 1.29 is 29.9 Å². The third-order valence-electron chi connectivity index (χ3n) is 6.84. The number of carbonyl (C=O) groups is 3. The molecule has 2 saturated heterocycles. The van der Waals surface area contributed by atoms with Gasteiger partial charge in [-0.3, -0.25) is 9.59 Å². The Balaban J connectivity index is 2.55. The molecule has 2 fully saturated rings. The standard InChI is InChI=1S/C22H40N4O6/c1-14(27)23-21(10-17(2,3)25(31)18(4,5)11-21)15(28)24-22(16(29)30)12-19(6,7)26(32)20(8,9)13-22/h31-32H,10-13H2,1-9H3,(H,23,27)(H,24,28)(H,29,30). The molecule has 0 atom stereocenters. The van der Waals surface area contributed by atoms with Gasteiger partial charge in [0.1, 0.15) is 11.1 Å². The molecule has 0 aliphatic carbocycles. The lowest BCUT2D eigenvalue weighted by Crippen LogP contribution is -2.76. The van der Waals surface area contributed by atoms with Gasteiger partial charge in [-0.1, -0.05) is 0 Å². The van der Waals surface area contributed by atoms with Crippen LogP contribution in [0.1, 0.15) is 88.0 Å². The summed E-state index contributed by atoms with van der Waals surface area (Å²) >= 11 is 0. The number of carboxylic acid groups (broad SMARTS) is 1. The van der Waals surface area contributed by atoms with E-state index in [2.05, 4.69) is 10.6 Å². The van der Waals surface area contributed by atoms with Crippen LogP contribution in [0.4, 0.5) is 0 Å². The maximum absolute atomic E-state index is 13.9. The Bertz CT molecular complexity index is 768. The van der Waals surface area contributed by atoms with E-state index in [1.807, 2.05) is 0 Å². The number of hydrogen-bond acceptors (Lipinski definition) is 7. The lowest BCUT2D eigenvalue weighted by atomic mass is 9.67. The van der Waals surface area contributed by atoms with Gasteiger partial charge >= 0.3 is 5.97 Å². The molecule has 5 N–H and O–H groups in total. The Kier molecular flexibility index (Phi) is 6.33. The fraction of sp³-hybridized carbons (Fsp3) is 0.864. The van der Waals surface area contributed by atoms with Crippen molar-refractivity contribution in [2.75, 3.05) is 0 Å². The van der Waals surface area contributed by atoms with Crippen LogP contribution in [-0.4, -0.2) is 76.7 Å². The number of carboxylic acids is 1. The van der Waals surface area contributed by atoms with Crippen molar-refractivity contribution in [3.8, 4) is 0 Å². The third kappa shape index (κ3) is 4.50. The lowest BCUT2D eigenvalue weighted by molar-refractivity contribution is -0.259. The van der Waals surface area contributed by atoms with Gasteiger partial charge in [0.2, 0.25) is 11.8 Å². The minimum Gasteiger partial charge on any atom is -0.480 e. The lowest BCUT2D eigenvalue weighted by Gasteiger charge is -2.58. The summed E-state index contributed by atoms with van der Waals surface area (Å²) in [7, 11) is 0. The molecule has 0 saturated carbocycles. The molecular weight excluding hydrogens is 416 g/mol. The minimum atomic E-state index is -1.65. The molecule has 0 unspecified atom stereocenters.